The van der Waals surface area contributed by atoms with E-state index in [4.69, 9.17) is 11.5 Å². The number of likely N-dealkylation sites (tertiary alicyclic amines) is 1. The Balaban J connectivity index is 2.14. The van der Waals surface area contributed by atoms with Crippen molar-refractivity contribution in [3.63, 3.8) is 0 Å². The molecule has 1 saturated heterocycles. The highest BCUT2D eigenvalue weighted by atomic mass is 16.4. The first-order chi connectivity index (χ1) is 16.1. The van der Waals surface area contributed by atoms with Crippen LogP contribution >= 0.6 is 0 Å². The molecule has 4 atom stereocenters. The third-order valence-corrected chi connectivity index (χ3v) is 5.97. The highest BCUT2D eigenvalue weighted by Crippen LogP contribution is 2.20. The van der Waals surface area contributed by atoms with Gasteiger partial charge in [-0.05, 0) is 38.1 Å². The number of unbranched alkanes of at least 4 members (excludes halogenated alkanes) is 1. The van der Waals surface area contributed by atoms with E-state index in [9.17, 15) is 24.3 Å². The van der Waals surface area contributed by atoms with Crippen molar-refractivity contribution in [1.29, 1.82) is 0 Å². The fourth-order valence-electron chi connectivity index (χ4n) is 3.98. The second kappa shape index (κ2) is 13.0. The van der Waals surface area contributed by atoms with Crippen LogP contribution in [0.3, 0.4) is 0 Å². The Morgan fingerprint density at radius 2 is 1.97 bits per heavy atom. The van der Waals surface area contributed by atoms with Crippen LogP contribution in [0.5, 0.6) is 0 Å². The van der Waals surface area contributed by atoms with E-state index in [-0.39, 0.29) is 12.3 Å². The Labute approximate surface area is 199 Å². The van der Waals surface area contributed by atoms with Gasteiger partial charge in [0, 0.05) is 24.9 Å². The van der Waals surface area contributed by atoms with Crippen LogP contribution in [-0.4, -0.2) is 80.9 Å². The lowest BCUT2D eigenvalue weighted by Crippen LogP contribution is -2.59. The van der Waals surface area contributed by atoms with Gasteiger partial charge in [-0.15, -0.1) is 0 Å². The number of H-pyrrole nitrogens is 1. The molecule has 0 radical (unpaired) electrons. The molecule has 8 N–H and O–H groups in total. The van der Waals surface area contributed by atoms with Crippen LogP contribution in [0.15, 0.2) is 12.5 Å². The van der Waals surface area contributed by atoms with E-state index in [0.29, 0.717) is 44.5 Å². The molecule has 0 bridgehead atoms. The Morgan fingerprint density at radius 1 is 1.24 bits per heavy atom. The number of hydrogen-bond donors (Lipinski definition) is 6. The van der Waals surface area contributed by atoms with Crippen LogP contribution < -0.4 is 22.1 Å². The minimum atomic E-state index is -1.06. The smallest absolute Gasteiger partial charge is 0.326 e. The Kier molecular flexibility index (Phi) is 10.5. The van der Waals surface area contributed by atoms with Gasteiger partial charge in [-0.2, -0.15) is 0 Å². The Morgan fingerprint density at radius 3 is 2.56 bits per heavy atom. The minimum absolute atomic E-state index is 0.119. The molecule has 0 aliphatic carbocycles. The van der Waals surface area contributed by atoms with Gasteiger partial charge in [0.05, 0.1) is 12.4 Å². The molecular formula is C22H37N7O5. The third kappa shape index (κ3) is 7.52. The maximum absolute atomic E-state index is 13.2. The summed E-state index contributed by atoms with van der Waals surface area (Å²) in [6.07, 6.45) is 5.94. The summed E-state index contributed by atoms with van der Waals surface area (Å²) < 4.78 is 0. The van der Waals surface area contributed by atoms with E-state index < -0.39 is 47.9 Å². The number of carbonyl (C=O) groups is 4. The molecule has 0 spiro atoms. The van der Waals surface area contributed by atoms with Crippen LogP contribution in [0.4, 0.5) is 0 Å². The van der Waals surface area contributed by atoms with Gasteiger partial charge in [-0.25, -0.2) is 9.78 Å². The van der Waals surface area contributed by atoms with Crippen molar-refractivity contribution < 1.29 is 24.3 Å². The van der Waals surface area contributed by atoms with Crippen molar-refractivity contribution in [3.05, 3.63) is 18.2 Å². The molecule has 1 aliphatic heterocycles. The summed E-state index contributed by atoms with van der Waals surface area (Å²) in [5, 5.41) is 14.9. The highest BCUT2D eigenvalue weighted by molar-refractivity contribution is 5.94. The maximum atomic E-state index is 13.2. The monoisotopic (exact) mass is 479 g/mol. The Bertz CT molecular complexity index is 830. The second-order valence-corrected chi connectivity index (χ2v) is 8.99. The number of imidazole rings is 1. The summed E-state index contributed by atoms with van der Waals surface area (Å²) in [6, 6.07) is -3.65. The number of nitrogens with two attached hydrogens (primary N) is 2. The normalized spacial score (nSPS) is 18.4. The lowest BCUT2D eigenvalue weighted by atomic mass is 10.0. The number of aromatic amines is 1. The predicted molar refractivity (Wildman–Crippen MR) is 124 cm³/mol. The standard InChI is InChI=1S/C22H37N7O5/c1-13(2)18(21(32)29-9-5-7-17(29)22(33)34)28-20(31)16(10-14-11-25-12-26-14)27-19(30)15(24)6-3-4-8-23/h11-13,15-18H,3-10,23-24H2,1-2H3,(H,25,26)(H,27,30)(H,28,31)(H,33,34). The van der Waals surface area contributed by atoms with Gasteiger partial charge in [-0.3, -0.25) is 14.4 Å². The zero-order valence-corrected chi connectivity index (χ0v) is 19.8. The molecule has 1 aliphatic rings. The molecule has 12 nitrogen and oxygen atoms in total. The molecule has 3 amide bonds. The number of nitrogens with zero attached hydrogens (tertiary/aromatic N) is 2. The van der Waals surface area contributed by atoms with E-state index in [1.807, 2.05) is 0 Å². The van der Waals surface area contributed by atoms with Crippen LogP contribution in [0, 0.1) is 5.92 Å². The largest absolute Gasteiger partial charge is 0.480 e. The van der Waals surface area contributed by atoms with E-state index in [1.165, 1.54) is 11.2 Å². The number of amides is 3. The van der Waals surface area contributed by atoms with Gasteiger partial charge >= 0.3 is 5.97 Å². The molecule has 1 aromatic heterocycles. The van der Waals surface area contributed by atoms with Crippen LogP contribution in [-0.2, 0) is 25.6 Å². The van der Waals surface area contributed by atoms with Crippen molar-refractivity contribution in [2.24, 2.45) is 17.4 Å². The quantitative estimate of drug-likeness (QED) is 0.196. The molecule has 12 heteroatoms. The molecule has 0 aromatic carbocycles. The molecule has 4 unspecified atom stereocenters. The maximum Gasteiger partial charge on any atom is 0.326 e. The van der Waals surface area contributed by atoms with Gasteiger partial charge in [0.1, 0.15) is 18.1 Å². The van der Waals surface area contributed by atoms with E-state index in [2.05, 4.69) is 20.6 Å². The number of aliphatic carboxylic acids is 1. The minimum Gasteiger partial charge on any atom is -0.480 e. The van der Waals surface area contributed by atoms with Gasteiger partial charge in [0.25, 0.3) is 0 Å². The van der Waals surface area contributed by atoms with Gasteiger partial charge in [0.2, 0.25) is 17.7 Å². The van der Waals surface area contributed by atoms with Gasteiger partial charge in [0.15, 0.2) is 0 Å². The fourth-order valence-corrected chi connectivity index (χ4v) is 3.98. The van der Waals surface area contributed by atoms with E-state index >= 15 is 0 Å². The van der Waals surface area contributed by atoms with E-state index in [0.717, 1.165) is 6.42 Å². The van der Waals surface area contributed by atoms with E-state index in [1.54, 1.807) is 20.0 Å². The Hall–Kier alpha value is -2.99. The number of aromatic nitrogens is 2. The molecule has 34 heavy (non-hydrogen) atoms. The first-order valence-corrected chi connectivity index (χ1v) is 11.7. The van der Waals surface area contributed by atoms with Crippen LogP contribution in [0.2, 0.25) is 0 Å². The summed E-state index contributed by atoms with van der Waals surface area (Å²) in [4.78, 5) is 58.7. The average molecular weight is 480 g/mol. The van der Waals surface area contributed by atoms with Crippen molar-refractivity contribution in [2.45, 2.75) is 76.5 Å². The number of carboxylic acid groups (broad SMARTS) is 1. The summed E-state index contributed by atoms with van der Waals surface area (Å²) in [5.74, 6) is -2.84. The summed E-state index contributed by atoms with van der Waals surface area (Å²) >= 11 is 0. The first-order valence-electron chi connectivity index (χ1n) is 11.7. The zero-order chi connectivity index (χ0) is 25.3. The molecule has 0 saturated carbocycles. The van der Waals surface area contributed by atoms with Crippen molar-refractivity contribution >= 4 is 23.7 Å². The summed E-state index contributed by atoms with van der Waals surface area (Å²) in [6.45, 7) is 4.36. The molecule has 1 aromatic rings. The number of rotatable bonds is 13. The molecular weight excluding hydrogens is 442 g/mol. The number of carbonyl (C=O) groups excluding carboxylic acids is 3. The summed E-state index contributed by atoms with van der Waals surface area (Å²) in [7, 11) is 0. The molecule has 190 valence electrons. The third-order valence-electron chi connectivity index (χ3n) is 5.97. The second-order valence-electron chi connectivity index (χ2n) is 8.99. The van der Waals surface area contributed by atoms with Crippen molar-refractivity contribution in [2.75, 3.05) is 13.1 Å². The lowest BCUT2D eigenvalue weighted by Gasteiger charge is -2.30. The topological polar surface area (TPSA) is 197 Å². The number of hydrogen-bond acceptors (Lipinski definition) is 7. The zero-order valence-electron chi connectivity index (χ0n) is 19.8. The number of nitrogens with one attached hydrogen (secondary N) is 3. The SMILES string of the molecule is CC(C)C(NC(=O)C(Cc1cnc[nH]1)NC(=O)C(N)CCCCN)C(=O)N1CCCC1C(=O)O. The van der Waals surface area contributed by atoms with Crippen molar-refractivity contribution in [1.82, 2.24) is 25.5 Å². The highest BCUT2D eigenvalue weighted by Gasteiger charge is 2.39. The van der Waals surface area contributed by atoms with Gasteiger partial charge < -0.3 is 37.1 Å². The van der Waals surface area contributed by atoms with Crippen molar-refractivity contribution in [3.8, 4) is 0 Å². The predicted octanol–water partition coefficient (Wildman–Crippen LogP) is -0.890. The molecule has 2 rings (SSSR count). The lowest BCUT2D eigenvalue weighted by molar-refractivity contribution is -0.150. The fraction of sp³-hybridized carbons (Fsp3) is 0.682. The molecule has 2 heterocycles. The van der Waals surface area contributed by atoms with Gasteiger partial charge in [-0.1, -0.05) is 20.3 Å². The number of carboxylic acids is 1. The summed E-state index contributed by atoms with van der Waals surface area (Å²) in [5.41, 5.74) is 12.1. The average Bonchev–Trinajstić information content (AvgIpc) is 3.48. The first kappa shape index (κ1) is 27.3. The van der Waals surface area contributed by atoms with Crippen LogP contribution in [0.25, 0.3) is 0 Å². The molecule has 1 fully saturated rings. The van der Waals surface area contributed by atoms with Crippen LogP contribution in [0.1, 0.15) is 51.6 Å².